The Hall–Kier alpha value is -3.21. The molecule has 28 heavy (non-hydrogen) atoms. The minimum atomic E-state index is -0.177. The second kappa shape index (κ2) is 7.80. The number of hydrogen-bond acceptors (Lipinski definition) is 3. The van der Waals surface area contributed by atoms with Crippen LogP contribution in [0.2, 0.25) is 0 Å². The number of nitrogens with one attached hydrogen (secondary N) is 1. The first kappa shape index (κ1) is 19.5. The summed E-state index contributed by atoms with van der Waals surface area (Å²) in [6.07, 6.45) is 0. The standard InChI is InChI=1S/C23H25N3O2/c1-14(2)21-16(4)25-26(17(21)5)23(28)18-10-12-19(13-11-18)24-22(27)20-9-7-6-8-15(20)3/h6-14H,1-5H3,(H,24,27). The highest BCUT2D eigenvalue weighted by Crippen LogP contribution is 2.23. The van der Waals surface area contributed by atoms with Gasteiger partial charge in [-0.2, -0.15) is 5.10 Å². The molecule has 0 aliphatic carbocycles. The van der Waals surface area contributed by atoms with Crippen molar-refractivity contribution in [2.75, 3.05) is 5.32 Å². The number of benzene rings is 2. The van der Waals surface area contributed by atoms with Gasteiger partial charge >= 0.3 is 0 Å². The highest BCUT2D eigenvalue weighted by Gasteiger charge is 2.19. The Morgan fingerprint density at radius 1 is 0.964 bits per heavy atom. The van der Waals surface area contributed by atoms with Gasteiger partial charge in [0.05, 0.1) is 5.69 Å². The summed E-state index contributed by atoms with van der Waals surface area (Å²) in [5, 5.41) is 7.30. The van der Waals surface area contributed by atoms with Gasteiger partial charge in [-0.3, -0.25) is 9.59 Å². The number of anilines is 1. The van der Waals surface area contributed by atoms with Gasteiger partial charge in [0, 0.05) is 22.5 Å². The Morgan fingerprint density at radius 2 is 1.61 bits per heavy atom. The van der Waals surface area contributed by atoms with Gasteiger partial charge in [0.15, 0.2) is 0 Å². The maximum atomic E-state index is 12.9. The molecular formula is C23H25N3O2. The third-order valence-corrected chi connectivity index (χ3v) is 4.90. The van der Waals surface area contributed by atoms with Crippen molar-refractivity contribution in [3.63, 3.8) is 0 Å². The SMILES string of the molecule is Cc1ccccc1C(=O)Nc1ccc(C(=O)n2nc(C)c(C(C)C)c2C)cc1. The number of hydrogen-bond donors (Lipinski definition) is 1. The second-order valence-corrected chi connectivity index (χ2v) is 7.30. The fourth-order valence-corrected chi connectivity index (χ4v) is 3.53. The topological polar surface area (TPSA) is 64.0 Å². The molecule has 144 valence electrons. The molecule has 0 bridgehead atoms. The largest absolute Gasteiger partial charge is 0.322 e. The van der Waals surface area contributed by atoms with Crippen LogP contribution >= 0.6 is 0 Å². The maximum absolute atomic E-state index is 12.9. The van der Waals surface area contributed by atoms with Gasteiger partial charge in [0.1, 0.15) is 0 Å². The molecule has 2 aromatic carbocycles. The van der Waals surface area contributed by atoms with Crippen molar-refractivity contribution >= 4 is 17.5 Å². The van der Waals surface area contributed by atoms with E-state index in [4.69, 9.17) is 0 Å². The van der Waals surface area contributed by atoms with E-state index in [1.807, 2.05) is 39.0 Å². The third-order valence-electron chi connectivity index (χ3n) is 4.90. The number of rotatable bonds is 4. The van der Waals surface area contributed by atoms with Crippen molar-refractivity contribution < 1.29 is 9.59 Å². The fraction of sp³-hybridized carbons (Fsp3) is 0.261. The molecule has 3 rings (SSSR count). The van der Waals surface area contributed by atoms with Crippen molar-refractivity contribution in [2.24, 2.45) is 0 Å². The van der Waals surface area contributed by atoms with Crippen molar-refractivity contribution in [1.29, 1.82) is 0 Å². The summed E-state index contributed by atoms with van der Waals surface area (Å²) in [6.45, 7) is 9.94. The predicted molar refractivity (Wildman–Crippen MR) is 111 cm³/mol. The summed E-state index contributed by atoms with van der Waals surface area (Å²) in [4.78, 5) is 25.3. The van der Waals surface area contributed by atoms with Gasteiger partial charge in [-0.05, 0) is 68.1 Å². The summed E-state index contributed by atoms with van der Waals surface area (Å²) in [6, 6.07) is 14.3. The molecule has 5 heteroatoms. The molecule has 0 saturated heterocycles. The zero-order valence-corrected chi connectivity index (χ0v) is 16.9. The highest BCUT2D eigenvalue weighted by molar-refractivity contribution is 6.05. The van der Waals surface area contributed by atoms with Gasteiger partial charge < -0.3 is 5.32 Å². The number of carbonyl (C=O) groups excluding carboxylic acids is 2. The lowest BCUT2D eigenvalue weighted by atomic mass is 10.0. The fourth-order valence-electron chi connectivity index (χ4n) is 3.53. The van der Waals surface area contributed by atoms with Gasteiger partial charge in [-0.25, -0.2) is 4.68 Å². The van der Waals surface area contributed by atoms with Crippen LogP contribution in [0, 0.1) is 20.8 Å². The molecule has 0 aliphatic heterocycles. The van der Waals surface area contributed by atoms with Crippen LogP contribution in [0.3, 0.4) is 0 Å². The molecule has 5 nitrogen and oxygen atoms in total. The Balaban J connectivity index is 1.80. The van der Waals surface area contributed by atoms with Crippen molar-refractivity contribution in [1.82, 2.24) is 9.78 Å². The van der Waals surface area contributed by atoms with Crippen molar-refractivity contribution in [3.8, 4) is 0 Å². The molecule has 0 radical (unpaired) electrons. The molecule has 1 heterocycles. The van der Waals surface area contributed by atoms with Crippen LogP contribution in [0.1, 0.15) is 63.0 Å². The zero-order chi connectivity index (χ0) is 20.4. The van der Waals surface area contributed by atoms with Crippen LogP contribution in [0.15, 0.2) is 48.5 Å². The average molecular weight is 375 g/mol. The molecule has 1 N–H and O–H groups in total. The zero-order valence-electron chi connectivity index (χ0n) is 16.9. The monoisotopic (exact) mass is 375 g/mol. The Kier molecular flexibility index (Phi) is 5.45. The molecule has 0 aliphatic rings. The molecule has 1 amide bonds. The van der Waals surface area contributed by atoms with Crippen LogP contribution in [0.4, 0.5) is 5.69 Å². The first-order chi connectivity index (χ1) is 13.3. The van der Waals surface area contributed by atoms with E-state index in [2.05, 4.69) is 24.3 Å². The second-order valence-electron chi connectivity index (χ2n) is 7.30. The van der Waals surface area contributed by atoms with Crippen molar-refractivity contribution in [3.05, 3.63) is 82.2 Å². The summed E-state index contributed by atoms with van der Waals surface area (Å²) in [5.41, 5.74) is 5.56. The van der Waals surface area contributed by atoms with Gasteiger partial charge in [0.2, 0.25) is 0 Å². The van der Waals surface area contributed by atoms with E-state index in [1.165, 1.54) is 4.68 Å². The molecule has 3 aromatic rings. The van der Waals surface area contributed by atoms with Gasteiger partial charge in [-0.15, -0.1) is 0 Å². The molecular weight excluding hydrogens is 350 g/mol. The summed E-state index contributed by atoms with van der Waals surface area (Å²) in [7, 11) is 0. The molecule has 0 saturated carbocycles. The van der Waals surface area contributed by atoms with Gasteiger partial charge in [0.25, 0.3) is 11.8 Å². The smallest absolute Gasteiger partial charge is 0.278 e. The minimum Gasteiger partial charge on any atom is -0.322 e. The minimum absolute atomic E-state index is 0.169. The quantitative estimate of drug-likeness (QED) is 0.707. The summed E-state index contributed by atoms with van der Waals surface area (Å²) < 4.78 is 1.46. The van der Waals surface area contributed by atoms with E-state index in [0.29, 0.717) is 22.7 Å². The first-order valence-corrected chi connectivity index (χ1v) is 9.37. The number of aryl methyl sites for hydroxylation is 2. The third kappa shape index (κ3) is 3.74. The van der Waals surface area contributed by atoms with E-state index in [9.17, 15) is 9.59 Å². The Morgan fingerprint density at radius 3 is 2.18 bits per heavy atom. The molecule has 1 aromatic heterocycles. The number of nitrogens with zero attached hydrogens (tertiary/aromatic N) is 2. The average Bonchev–Trinajstić information content (AvgIpc) is 2.96. The van der Waals surface area contributed by atoms with Crippen LogP contribution in [-0.4, -0.2) is 21.6 Å². The van der Waals surface area contributed by atoms with E-state index in [0.717, 1.165) is 22.5 Å². The summed E-state index contributed by atoms with van der Waals surface area (Å²) >= 11 is 0. The molecule has 0 fully saturated rings. The Bertz CT molecular complexity index is 1030. The van der Waals surface area contributed by atoms with Crippen molar-refractivity contribution in [2.45, 2.75) is 40.5 Å². The number of carbonyl (C=O) groups is 2. The van der Waals surface area contributed by atoms with E-state index in [-0.39, 0.29) is 11.8 Å². The van der Waals surface area contributed by atoms with E-state index >= 15 is 0 Å². The van der Waals surface area contributed by atoms with Crippen LogP contribution in [-0.2, 0) is 0 Å². The Labute approximate surface area is 165 Å². The van der Waals surface area contributed by atoms with Crippen LogP contribution in [0.25, 0.3) is 0 Å². The predicted octanol–water partition coefficient (Wildman–Crippen LogP) is 4.87. The van der Waals surface area contributed by atoms with Crippen LogP contribution < -0.4 is 5.32 Å². The maximum Gasteiger partial charge on any atom is 0.278 e. The first-order valence-electron chi connectivity index (χ1n) is 9.37. The lowest BCUT2D eigenvalue weighted by Crippen LogP contribution is -2.16. The molecule has 0 spiro atoms. The lowest BCUT2D eigenvalue weighted by molar-refractivity contribution is 0.0941. The highest BCUT2D eigenvalue weighted by atomic mass is 16.2. The number of amides is 1. The van der Waals surface area contributed by atoms with Crippen LogP contribution in [0.5, 0.6) is 0 Å². The normalized spacial score (nSPS) is 10.9. The summed E-state index contributed by atoms with van der Waals surface area (Å²) in [5.74, 6) is -0.0397. The van der Waals surface area contributed by atoms with Gasteiger partial charge in [-0.1, -0.05) is 32.0 Å². The molecule has 0 unspecified atom stereocenters. The van der Waals surface area contributed by atoms with E-state index in [1.54, 1.807) is 30.3 Å². The molecule has 0 atom stereocenters. The number of aromatic nitrogens is 2. The lowest BCUT2D eigenvalue weighted by Gasteiger charge is -2.09. The van der Waals surface area contributed by atoms with E-state index < -0.39 is 0 Å².